The lowest BCUT2D eigenvalue weighted by Gasteiger charge is -2.11. The maximum Gasteiger partial charge on any atom is 0.164 e. The van der Waals surface area contributed by atoms with E-state index in [2.05, 4.69) is 152 Å². The monoisotopic (exact) mass is 738 g/mol. The van der Waals surface area contributed by atoms with Crippen molar-refractivity contribution in [3.05, 3.63) is 158 Å². The molecule has 0 aliphatic heterocycles. The van der Waals surface area contributed by atoms with Crippen molar-refractivity contribution in [2.24, 2.45) is 0 Å². The maximum atomic E-state index is 6.51. The Kier molecular flexibility index (Phi) is 6.60. The highest BCUT2D eigenvalue weighted by Crippen LogP contribution is 2.43. The van der Waals surface area contributed by atoms with Gasteiger partial charge < -0.3 is 4.42 Å². The minimum atomic E-state index is 0.611. The average molecular weight is 739 g/mol. The van der Waals surface area contributed by atoms with Crippen LogP contribution >= 0.6 is 22.7 Å². The highest BCUT2D eigenvalue weighted by Gasteiger charge is 2.20. The molecule has 8 aromatic carbocycles. The van der Waals surface area contributed by atoms with Crippen LogP contribution in [0.3, 0.4) is 0 Å². The zero-order valence-corrected chi connectivity index (χ0v) is 30.7. The second-order valence-corrected chi connectivity index (χ2v) is 15.9. The Morgan fingerprint density at radius 3 is 1.91 bits per heavy atom. The summed E-state index contributed by atoms with van der Waals surface area (Å²) >= 11 is 3.51. The van der Waals surface area contributed by atoms with Gasteiger partial charge in [0.15, 0.2) is 17.5 Å². The molecule has 0 fully saturated rings. The highest BCUT2D eigenvalue weighted by molar-refractivity contribution is 7.25. The summed E-state index contributed by atoms with van der Waals surface area (Å²) in [6.45, 7) is 0. The predicted octanol–water partition coefficient (Wildman–Crippen LogP) is 13.7. The SMILES string of the molecule is c1ccc(-c2nc3c(ccc4oc5ccc6ccc(-c7nc(-c8ccc9sc%10ccccc%10c9c8)nc(-c8cccc9ccccc89)n7)cc6c5c43)s2)cc1. The van der Waals surface area contributed by atoms with Crippen molar-refractivity contribution < 1.29 is 4.42 Å². The van der Waals surface area contributed by atoms with E-state index in [4.69, 9.17) is 24.4 Å². The van der Waals surface area contributed by atoms with E-state index in [1.54, 1.807) is 22.7 Å². The van der Waals surface area contributed by atoms with Gasteiger partial charge in [-0.1, -0.05) is 109 Å². The number of nitrogens with zero attached hydrogens (tertiary/aromatic N) is 4. The fourth-order valence-electron chi connectivity index (χ4n) is 7.95. The maximum absolute atomic E-state index is 6.51. The van der Waals surface area contributed by atoms with E-state index in [0.717, 1.165) is 81.0 Å². The molecule has 4 heterocycles. The predicted molar refractivity (Wildman–Crippen MR) is 230 cm³/mol. The van der Waals surface area contributed by atoms with Crippen molar-refractivity contribution >= 4 is 96.5 Å². The van der Waals surface area contributed by atoms with Gasteiger partial charge in [-0.25, -0.2) is 19.9 Å². The van der Waals surface area contributed by atoms with Gasteiger partial charge in [0.2, 0.25) is 0 Å². The molecule has 0 amide bonds. The van der Waals surface area contributed by atoms with Gasteiger partial charge in [0.25, 0.3) is 0 Å². The normalized spacial score (nSPS) is 12.0. The molecule has 12 rings (SSSR count). The van der Waals surface area contributed by atoms with E-state index in [9.17, 15) is 0 Å². The third-order valence-electron chi connectivity index (χ3n) is 10.6. The van der Waals surface area contributed by atoms with Crippen LogP contribution in [0.5, 0.6) is 0 Å². The number of hydrogen-bond acceptors (Lipinski definition) is 7. The standard InChI is InChI=1S/C48H26N4OS2/c1-2-10-29(11-3-1)48-49-44-41(55-48)24-22-38-43(44)42-35-25-30(18-17-28(35)19-21-37(42)53-38)45-50-46(31-20-23-40-36(26-31)33-14-6-7-16-39(33)54-40)52-47(51-45)34-15-8-12-27-9-4-5-13-32(27)34/h1-26H. The number of thiazole rings is 1. The number of rotatable bonds is 4. The summed E-state index contributed by atoms with van der Waals surface area (Å²) in [7, 11) is 0. The molecule has 0 saturated heterocycles. The third kappa shape index (κ3) is 4.84. The molecule has 0 spiro atoms. The fraction of sp³-hybridized carbons (Fsp3) is 0. The molecule has 7 heteroatoms. The molecule has 0 N–H and O–H groups in total. The molecule has 0 aliphatic rings. The Morgan fingerprint density at radius 2 is 1.02 bits per heavy atom. The van der Waals surface area contributed by atoms with E-state index in [1.807, 2.05) is 6.07 Å². The van der Waals surface area contributed by atoms with Crippen LogP contribution in [0.2, 0.25) is 0 Å². The molecule has 4 aromatic heterocycles. The first-order valence-corrected chi connectivity index (χ1v) is 19.8. The van der Waals surface area contributed by atoms with Crippen molar-refractivity contribution in [2.45, 2.75) is 0 Å². The van der Waals surface area contributed by atoms with Crippen LogP contribution in [0, 0.1) is 0 Å². The number of thiophene rings is 1. The molecular formula is C48H26N4OS2. The number of fused-ring (bicyclic) bond motifs is 11. The number of aromatic nitrogens is 4. The zero-order valence-electron chi connectivity index (χ0n) is 29.0. The molecule has 0 unspecified atom stereocenters. The van der Waals surface area contributed by atoms with Crippen molar-refractivity contribution in [2.75, 3.05) is 0 Å². The van der Waals surface area contributed by atoms with Crippen LogP contribution in [-0.4, -0.2) is 19.9 Å². The summed E-state index contributed by atoms with van der Waals surface area (Å²) in [5, 5.41) is 9.91. The van der Waals surface area contributed by atoms with Gasteiger partial charge in [-0.3, -0.25) is 0 Å². The quantitative estimate of drug-likeness (QED) is 0.180. The first-order chi connectivity index (χ1) is 27.2. The summed E-state index contributed by atoms with van der Waals surface area (Å²) < 4.78 is 10.1. The summed E-state index contributed by atoms with van der Waals surface area (Å²) in [5.74, 6) is 1.88. The summed E-state index contributed by atoms with van der Waals surface area (Å²) in [5.41, 5.74) is 6.52. The lowest BCUT2D eigenvalue weighted by Crippen LogP contribution is -2.00. The van der Waals surface area contributed by atoms with Gasteiger partial charge >= 0.3 is 0 Å². The number of benzene rings is 8. The fourth-order valence-corrected chi connectivity index (χ4v) is 10.0. The first-order valence-electron chi connectivity index (χ1n) is 18.1. The molecule has 0 atom stereocenters. The molecule has 55 heavy (non-hydrogen) atoms. The largest absolute Gasteiger partial charge is 0.456 e. The van der Waals surface area contributed by atoms with Crippen LogP contribution in [0.4, 0.5) is 0 Å². The van der Waals surface area contributed by atoms with Gasteiger partial charge in [0.05, 0.1) is 15.6 Å². The minimum absolute atomic E-state index is 0.611. The Labute approximate surface area is 321 Å². The van der Waals surface area contributed by atoms with Gasteiger partial charge in [-0.15, -0.1) is 22.7 Å². The van der Waals surface area contributed by atoms with Crippen molar-refractivity contribution in [3.8, 4) is 44.7 Å². The molecule has 12 aromatic rings. The molecule has 256 valence electrons. The lowest BCUT2D eigenvalue weighted by molar-refractivity contribution is 0.669. The average Bonchev–Trinajstić information content (AvgIpc) is 3.97. The molecule has 0 saturated carbocycles. The van der Waals surface area contributed by atoms with Gasteiger partial charge in [0, 0.05) is 47.8 Å². The summed E-state index contributed by atoms with van der Waals surface area (Å²) in [6, 6.07) is 55.0. The topological polar surface area (TPSA) is 64.7 Å². The van der Waals surface area contributed by atoms with Gasteiger partial charge in [0.1, 0.15) is 16.2 Å². The second-order valence-electron chi connectivity index (χ2n) is 13.8. The smallest absolute Gasteiger partial charge is 0.164 e. The molecule has 0 bridgehead atoms. The molecular weight excluding hydrogens is 713 g/mol. The van der Waals surface area contributed by atoms with Gasteiger partial charge in [-0.05, 0) is 70.1 Å². The van der Waals surface area contributed by atoms with Crippen LogP contribution < -0.4 is 0 Å². The Balaban J connectivity index is 1.10. The molecule has 0 radical (unpaired) electrons. The molecule has 5 nitrogen and oxygen atoms in total. The highest BCUT2D eigenvalue weighted by atomic mass is 32.1. The number of hydrogen-bond donors (Lipinski definition) is 0. The first kappa shape index (κ1) is 30.6. The third-order valence-corrected chi connectivity index (χ3v) is 12.8. The van der Waals surface area contributed by atoms with Crippen molar-refractivity contribution in [1.82, 2.24) is 19.9 Å². The second kappa shape index (κ2) is 11.9. The lowest BCUT2D eigenvalue weighted by atomic mass is 10.0. The zero-order chi connectivity index (χ0) is 36.0. The van der Waals surface area contributed by atoms with E-state index < -0.39 is 0 Å². The van der Waals surface area contributed by atoms with E-state index in [0.29, 0.717) is 17.5 Å². The van der Waals surface area contributed by atoms with Crippen LogP contribution in [-0.2, 0) is 0 Å². The van der Waals surface area contributed by atoms with Crippen LogP contribution in [0.25, 0.3) is 119 Å². The van der Waals surface area contributed by atoms with Gasteiger partial charge in [-0.2, -0.15) is 0 Å². The Bertz CT molecular complexity index is 3500. The summed E-state index contributed by atoms with van der Waals surface area (Å²) in [4.78, 5) is 20.8. The number of furan rings is 1. The van der Waals surface area contributed by atoms with Crippen LogP contribution in [0.1, 0.15) is 0 Å². The van der Waals surface area contributed by atoms with E-state index in [1.165, 1.54) is 20.2 Å². The van der Waals surface area contributed by atoms with Crippen molar-refractivity contribution in [3.63, 3.8) is 0 Å². The summed E-state index contributed by atoms with van der Waals surface area (Å²) in [6.07, 6.45) is 0. The Hall–Kier alpha value is -6.80. The van der Waals surface area contributed by atoms with Crippen LogP contribution in [0.15, 0.2) is 162 Å². The van der Waals surface area contributed by atoms with E-state index >= 15 is 0 Å². The minimum Gasteiger partial charge on any atom is -0.456 e. The van der Waals surface area contributed by atoms with Crippen molar-refractivity contribution in [1.29, 1.82) is 0 Å². The van der Waals surface area contributed by atoms with E-state index in [-0.39, 0.29) is 0 Å². The Morgan fingerprint density at radius 1 is 0.382 bits per heavy atom. The molecule has 0 aliphatic carbocycles.